The van der Waals surface area contributed by atoms with E-state index in [1.807, 2.05) is 0 Å². The van der Waals surface area contributed by atoms with Gasteiger partial charge in [-0.3, -0.25) is 4.79 Å². The summed E-state index contributed by atoms with van der Waals surface area (Å²) in [6.45, 7) is 0. The largest absolute Gasteiger partial charge is 0.450 e. The van der Waals surface area contributed by atoms with Crippen LogP contribution in [0.15, 0.2) is 94.1 Å². The second kappa shape index (κ2) is 8.60. The summed E-state index contributed by atoms with van der Waals surface area (Å²) in [5.41, 5.74) is -1.60. The Balaban J connectivity index is 1.68. The molecule has 4 aromatic carbocycles. The van der Waals surface area contributed by atoms with E-state index in [1.165, 1.54) is 30.3 Å². The molecule has 0 spiro atoms. The van der Waals surface area contributed by atoms with Crippen molar-refractivity contribution in [2.24, 2.45) is 0 Å². The minimum Gasteiger partial charge on any atom is -0.450 e. The highest BCUT2D eigenvalue weighted by molar-refractivity contribution is 6.33. The lowest BCUT2D eigenvalue weighted by Crippen LogP contribution is -2.16. The Kier molecular flexibility index (Phi) is 5.57. The smallest absolute Gasteiger partial charge is 0.450 e. The molecule has 0 unspecified atom stereocenters. The molecule has 1 aromatic heterocycles. The summed E-state index contributed by atoms with van der Waals surface area (Å²) in [6, 6.07) is 21.4. The number of fused-ring (bicyclic) bond motifs is 2. The Labute approximate surface area is 201 Å². The van der Waals surface area contributed by atoms with Crippen LogP contribution in [0.4, 0.5) is 13.2 Å². The number of esters is 1. The maximum Gasteiger partial charge on any atom is 0.450 e. The maximum absolute atomic E-state index is 14.1. The van der Waals surface area contributed by atoms with Gasteiger partial charge in [0.2, 0.25) is 11.2 Å². The number of halogens is 4. The second-order valence-corrected chi connectivity index (χ2v) is 8.09. The van der Waals surface area contributed by atoms with Gasteiger partial charge < -0.3 is 9.15 Å². The monoisotopic (exact) mass is 494 g/mol. The van der Waals surface area contributed by atoms with Crippen LogP contribution in [0, 0.1) is 0 Å². The third-order valence-electron chi connectivity index (χ3n) is 5.48. The molecule has 0 aliphatic carbocycles. The molecule has 5 rings (SSSR count). The van der Waals surface area contributed by atoms with Crippen molar-refractivity contribution in [1.82, 2.24) is 0 Å². The summed E-state index contributed by atoms with van der Waals surface area (Å²) in [6.07, 6.45) is -4.95. The lowest BCUT2D eigenvalue weighted by Gasteiger charge is -2.14. The predicted molar refractivity (Wildman–Crippen MR) is 127 cm³/mol. The average molecular weight is 495 g/mol. The SMILES string of the molecule is O=C(Oc1ccc2c(=O)c(-c3cccc4ccccc34)c(C(F)(F)F)oc2c1)c1ccccc1Cl. The molecule has 35 heavy (non-hydrogen) atoms. The molecule has 0 fully saturated rings. The van der Waals surface area contributed by atoms with Crippen LogP contribution < -0.4 is 10.2 Å². The van der Waals surface area contributed by atoms with Crippen molar-refractivity contribution in [2.75, 3.05) is 0 Å². The highest BCUT2D eigenvalue weighted by Gasteiger charge is 2.39. The highest BCUT2D eigenvalue weighted by Crippen LogP contribution is 2.40. The minimum absolute atomic E-state index is 0.0815. The van der Waals surface area contributed by atoms with Crippen LogP contribution in [0.2, 0.25) is 5.02 Å². The first-order valence-electron chi connectivity index (χ1n) is 10.4. The molecule has 0 atom stereocenters. The molecular weight excluding hydrogens is 481 g/mol. The van der Waals surface area contributed by atoms with Crippen molar-refractivity contribution in [1.29, 1.82) is 0 Å². The third-order valence-corrected chi connectivity index (χ3v) is 5.81. The van der Waals surface area contributed by atoms with Gasteiger partial charge in [0.1, 0.15) is 11.3 Å². The molecule has 0 saturated carbocycles. The molecule has 0 amide bonds. The van der Waals surface area contributed by atoms with Crippen LogP contribution in [-0.4, -0.2) is 5.97 Å². The third kappa shape index (κ3) is 4.15. The Morgan fingerprint density at radius 2 is 1.57 bits per heavy atom. The van der Waals surface area contributed by atoms with Gasteiger partial charge in [-0.2, -0.15) is 13.2 Å². The Hall–Kier alpha value is -4.10. The quantitative estimate of drug-likeness (QED) is 0.192. The lowest BCUT2D eigenvalue weighted by molar-refractivity contribution is -0.152. The number of hydrogen-bond acceptors (Lipinski definition) is 4. The fraction of sp³-hybridized carbons (Fsp3) is 0.0370. The number of hydrogen-bond donors (Lipinski definition) is 0. The van der Waals surface area contributed by atoms with Crippen LogP contribution in [0.25, 0.3) is 32.9 Å². The fourth-order valence-electron chi connectivity index (χ4n) is 3.91. The predicted octanol–water partition coefficient (Wildman–Crippen LogP) is 7.50. The topological polar surface area (TPSA) is 56.5 Å². The summed E-state index contributed by atoms with van der Waals surface area (Å²) >= 11 is 6.00. The molecule has 0 saturated heterocycles. The first-order chi connectivity index (χ1) is 16.7. The van der Waals surface area contributed by atoms with E-state index < -0.39 is 28.9 Å². The van der Waals surface area contributed by atoms with Gasteiger partial charge in [0.05, 0.1) is 21.5 Å². The number of alkyl halides is 3. The zero-order valence-electron chi connectivity index (χ0n) is 17.7. The van der Waals surface area contributed by atoms with Crippen LogP contribution in [-0.2, 0) is 6.18 Å². The van der Waals surface area contributed by atoms with E-state index in [0.29, 0.717) is 10.8 Å². The van der Waals surface area contributed by atoms with E-state index in [1.54, 1.807) is 48.5 Å². The van der Waals surface area contributed by atoms with Crippen LogP contribution in [0.3, 0.4) is 0 Å². The van der Waals surface area contributed by atoms with Crippen molar-refractivity contribution in [3.05, 3.63) is 111 Å². The van der Waals surface area contributed by atoms with Gasteiger partial charge in [-0.1, -0.05) is 66.2 Å². The summed E-state index contributed by atoms with van der Waals surface area (Å²) in [5, 5.41) is 1.24. The van der Waals surface area contributed by atoms with E-state index in [2.05, 4.69) is 0 Å². The van der Waals surface area contributed by atoms with E-state index in [9.17, 15) is 22.8 Å². The van der Waals surface area contributed by atoms with E-state index >= 15 is 0 Å². The van der Waals surface area contributed by atoms with Crippen molar-refractivity contribution in [3.8, 4) is 16.9 Å². The number of carbonyl (C=O) groups excluding carboxylic acids is 1. The van der Waals surface area contributed by atoms with Gasteiger partial charge in [0.25, 0.3) is 0 Å². The van der Waals surface area contributed by atoms with Gasteiger partial charge in [-0.05, 0) is 40.6 Å². The second-order valence-electron chi connectivity index (χ2n) is 7.69. The van der Waals surface area contributed by atoms with Gasteiger partial charge in [-0.25, -0.2) is 4.79 Å². The van der Waals surface area contributed by atoms with Gasteiger partial charge in [0, 0.05) is 6.07 Å². The lowest BCUT2D eigenvalue weighted by atomic mass is 9.96. The Morgan fingerprint density at radius 1 is 0.857 bits per heavy atom. The average Bonchev–Trinajstić information content (AvgIpc) is 2.83. The fourth-order valence-corrected chi connectivity index (χ4v) is 4.13. The maximum atomic E-state index is 14.1. The summed E-state index contributed by atoms with van der Waals surface area (Å²) < 4.78 is 52.8. The highest BCUT2D eigenvalue weighted by atomic mass is 35.5. The van der Waals surface area contributed by atoms with Gasteiger partial charge in [-0.15, -0.1) is 0 Å². The zero-order chi connectivity index (χ0) is 24.7. The minimum atomic E-state index is -4.95. The molecule has 0 aliphatic rings. The molecule has 0 N–H and O–H groups in total. The number of carbonyl (C=O) groups is 1. The summed E-state index contributed by atoms with van der Waals surface area (Å²) in [4.78, 5) is 25.8. The van der Waals surface area contributed by atoms with Crippen LogP contribution >= 0.6 is 11.6 Å². The molecule has 174 valence electrons. The van der Waals surface area contributed by atoms with E-state index in [-0.39, 0.29) is 32.9 Å². The zero-order valence-corrected chi connectivity index (χ0v) is 18.5. The van der Waals surface area contributed by atoms with Crippen molar-refractivity contribution < 1.29 is 27.1 Å². The molecular formula is C27H14ClF3O4. The first kappa shape index (κ1) is 22.7. The summed E-state index contributed by atoms with van der Waals surface area (Å²) in [7, 11) is 0. The molecule has 0 aliphatic heterocycles. The van der Waals surface area contributed by atoms with E-state index in [4.69, 9.17) is 20.8 Å². The molecule has 0 bridgehead atoms. The molecule has 1 heterocycles. The van der Waals surface area contributed by atoms with Crippen molar-refractivity contribution >= 4 is 39.3 Å². The number of benzene rings is 4. The normalized spacial score (nSPS) is 11.7. The Bertz CT molecular complexity index is 1670. The molecule has 8 heteroatoms. The number of rotatable bonds is 3. The Morgan fingerprint density at radius 3 is 2.34 bits per heavy atom. The number of ether oxygens (including phenoxy) is 1. The standard InChI is InChI=1S/C27H14ClF3O4/c28-21-11-4-3-9-19(21)26(33)34-16-12-13-20-22(14-16)35-25(27(29,30)31)23(24(20)32)18-10-5-7-15-6-1-2-8-17(15)18/h1-14H. The first-order valence-corrected chi connectivity index (χ1v) is 10.7. The van der Waals surface area contributed by atoms with Gasteiger partial charge in [0.15, 0.2) is 0 Å². The van der Waals surface area contributed by atoms with E-state index in [0.717, 1.165) is 6.07 Å². The molecule has 4 nitrogen and oxygen atoms in total. The molecule has 0 radical (unpaired) electrons. The van der Waals surface area contributed by atoms with Crippen molar-refractivity contribution in [2.45, 2.75) is 6.18 Å². The van der Waals surface area contributed by atoms with Crippen LogP contribution in [0.5, 0.6) is 5.75 Å². The van der Waals surface area contributed by atoms with Gasteiger partial charge >= 0.3 is 12.1 Å². The molecule has 5 aromatic rings. The summed E-state index contributed by atoms with van der Waals surface area (Å²) in [5.74, 6) is -2.33. The van der Waals surface area contributed by atoms with Crippen molar-refractivity contribution in [3.63, 3.8) is 0 Å². The van der Waals surface area contributed by atoms with Crippen LogP contribution in [0.1, 0.15) is 16.1 Å².